The van der Waals surface area contributed by atoms with Crippen LogP contribution in [0, 0.1) is 13.7 Å². The maximum Gasteiger partial charge on any atom is 0.271 e. The summed E-state index contributed by atoms with van der Waals surface area (Å²) in [5.41, 5.74) is 0.626. The number of nitro groups is 1. The van der Waals surface area contributed by atoms with Gasteiger partial charge in [-0.3, -0.25) is 14.9 Å². The van der Waals surface area contributed by atoms with Crippen LogP contribution in [-0.2, 0) is 0 Å². The molecule has 108 valence electrons. The Morgan fingerprint density at radius 1 is 1.29 bits per heavy atom. The summed E-state index contributed by atoms with van der Waals surface area (Å²) in [6, 6.07) is 9.10. The van der Waals surface area contributed by atoms with E-state index in [1.807, 2.05) is 22.6 Å². The van der Waals surface area contributed by atoms with Crippen LogP contribution < -0.4 is 5.32 Å². The highest BCUT2D eigenvalue weighted by atomic mass is 127. The lowest BCUT2D eigenvalue weighted by Crippen LogP contribution is -2.14. The maximum absolute atomic E-state index is 12.3. The van der Waals surface area contributed by atoms with Gasteiger partial charge in [-0.05, 0) is 62.8 Å². The summed E-state index contributed by atoms with van der Waals surface area (Å²) in [7, 11) is 0. The van der Waals surface area contributed by atoms with E-state index < -0.39 is 4.92 Å². The highest BCUT2D eigenvalue weighted by Crippen LogP contribution is 2.28. The molecular weight excluding hydrogens is 474 g/mol. The molecule has 0 aliphatic heterocycles. The van der Waals surface area contributed by atoms with E-state index in [1.54, 1.807) is 18.2 Å². The highest BCUT2D eigenvalue weighted by molar-refractivity contribution is 14.1. The number of non-ortho nitro benzene ring substituents is 1. The first-order valence-corrected chi connectivity index (χ1v) is 7.84. The van der Waals surface area contributed by atoms with Crippen LogP contribution in [0.2, 0.25) is 5.02 Å². The largest absolute Gasteiger partial charge is 0.321 e. The Hall–Kier alpha value is -1.19. The fourth-order valence-corrected chi connectivity index (χ4v) is 2.68. The van der Waals surface area contributed by atoms with Gasteiger partial charge in [-0.25, -0.2) is 0 Å². The minimum Gasteiger partial charge on any atom is -0.321 e. The standard InChI is InChI=1S/C13H7BrClIN2O3/c14-10-3-2-8(18(20)21)6-12(10)17-13(19)9-5-7(15)1-4-11(9)16/h1-6H,(H,17,19). The quantitative estimate of drug-likeness (QED) is 0.386. The number of nitrogens with zero attached hydrogens (tertiary/aromatic N) is 1. The number of amides is 1. The molecule has 21 heavy (non-hydrogen) atoms. The first kappa shape index (κ1) is 16.2. The Bertz CT molecular complexity index is 739. The maximum atomic E-state index is 12.3. The van der Waals surface area contributed by atoms with E-state index in [9.17, 15) is 14.9 Å². The van der Waals surface area contributed by atoms with Gasteiger partial charge >= 0.3 is 0 Å². The van der Waals surface area contributed by atoms with Crippen molar-refractivity contribution in [2.24, 2.45) is 0 Å². The van der Waals surface area contributed by atoms with Gasteiger partial charge in [0, 0.05) is 25.2 Å². The van der Waals surface area contributed by atoms with Gasteiger partial charge in [0.1, 0.15) is 0 Å². The predicted octanol–water partition coefficient (Wildman–Crippen LogP) is 4.87. The van der Waals surface area contributed by atoms with Crippen LogP contribution in [0.5, 0.6) is 0 Å². The van der Waals surface area contributed by atoms with Crippen LogP contribution >= 0.6 is 50.1 Å². The Labute approximate surface area is 147 Å². The number of anilines is 1. The number of halogens is 3. The first-order chi connectivity index (χ1) is 9.88. The third-order valence-corrected chi connectivity index (χ3v) is 4.45. The van der Waals surface area contributed by atoms with Gasteiger partial charge in [0.05, 0.1) is 16.2 Å². The molecule has 0 unspecified atom stereocenters. The van der Waals surface area contributed by atoms with Crippen molar-refractivity contribution in [2.45, 2.75) is 0 Å². The number of carbonyl (C=O) groups excluding carboxylic acids is 1. The number of benzene rings is 2. The predicted molar refractivity (Wildman–Crippen MR) is 92.9 cm³/mol. The van der Waals surface area contributed by atoms with Crippen molar-refractivity contribution in [1.82, 2.24) is 0 Å². The Balaban J connectivity index is 2.33. The average Bonchev–Trinajstić information content (AvgIpc) is 2.43. The fraction of sp³-hybridized carbons (Fsp3) is 0. The summed E-state index contributed by atoms with van der Waals surface area (Å²) < 4.78 is 1.29. The molecule has 2 aromatic rings. The van der Waals surface area contributed by atoms with E-state index >= 15 is 0 Å². The molecule has 1 amide bonds. The number of carbonyl (C=O) groups is 1. The molecule has 0 spiro atoms. The Morgan fingerprint density at radius 2 is 2.00 bits per heavy atom. The molecule has 2 aromatic carbocycles. The second-order valence-electron chi connectivity index (χ2n) is 4.00. The van der Waals surface area contributed by atoms with Crippen LogP contribution in [0.1, 0.15) is 10.4 Å². The summed E-state index contributed by atoms with van der Waals surface area (Å²) >= 11 is 11.1. The molecule has 0 bridgehead atoms. The summed E-state index contributed by atoms with van der Waals surface area (Å²) in [6.45, 7) is 0. The molecule has 0 saturated heterocycles. The van der Waals surface area contributed by atoms with Crippen LogP contribution in [-0.4, -0.2) is 10.8 Å². The van der Waals surface area contributed by atoms with E-state index in [-0.39, 0.29) is 11.6 Å². The zero-order valence-corrected chi connectivity index (χ0v) is 14.8. The van der Waals surface area contributed by atoms with Gasteiger partial charge in [0.2, 0.25) is 0 Å². The van der Waals surface area contributed by atoms with E-state index in [1.165, 1.54) is 18.2 Å². The zero-order valence-electron chi connectivity index (χ0n) is 10.3. The van der Waals surface area contributed by atoms with Gasteiger partial charge in [0.15, 0.2) is 0 Å². The number of nitrogens with one attached hydrogen (secondary N) is 1. The van der Waals surface area contributed by atoms with Crippen molar-refractivity contribution >= 4 is 67.4 Å². The second kappa shape index (κ2) is 6.71. The molecule has 0 fully saturated rings. The lowest BCUT2D eigenvalue weighted by molar-refractivity contribution is -0.384. The highest BCUT2D eigenvalue weighted by Gasteiger charge is 2.15. The fourth-order valence-electron chi connectivity index (χ4n) is 1.58. The van der Waals surface area contributed by atoms with Crippen LogP contribution in [0.15, 0.2) is 40.9 Å². The van der Waals surface area contributed by atoms with Crippen molar-refractivity contribution in [3.8, 4) is 0 Å². The molecular formula is C13H7BrClIN2O3. The topological polar surface area (TPSA) is 72.2 Å². The van der Waals surface area contributed by atoms with Gasteiger partial charge in [-0.15, -0.1) is 0 Å². The molecule has 0 aliphatic rings. The molecule has 1 N–H and O–H groups in total. The van der Waals surface area contributed by atoms with E-state index in [2.05, 4.69) is 21.2 Å². The molecule has 0 heterocycles. The zero-order chi connectivity index (χ0) is 15.6. The molecule has 5 nitrogen and oxygen atoms in total. The molecule has 0 radical (unpaired) electrons. The third kappa shape index (κ3) is 3.92. The molecule has 0 atom stereocenters. The summed E-state index contributed by atoms with van der Waals surface area (Å²) in [6.07, 6.45) is 0. The molecule has 2 rings (SSSR count). The molecule has 0 saturated carbocycles. The summed E-state index contributed by atoms with van der Waals surface area (Å²) in [5.74, 6) is -0.386. The van der Waals surface area contributed by atoms with Crippen molar-refractivity contribution in [3.63, 3.8) is 0 Å². The lowest BCUT2D eigenvalue weighted by atomic mass is 10.2. The lowest BCUT2D eigenvalue weighted by Gasteiger charge is -2.09. The van der Waals surface area contributed by atoms with Gasteiger partial charge in [-0.1, -0.05) is 11.6 Å². The third-order valence-electron chi connectivity index (χ3n) is 2.58. The Morgan fingerprint density at radius 3 is 2.67 bits per heavy atom. The van der Waals surface area contributed by atoms with E-state index in [4.69, 9.17) is 11.6 Å². The van der Waals surface area contributed by atoms with Crippen molar-refractivity contribution in [2.75, 3.05) is 5.32 Å². The monoisotopic (exact) mass is 480 g/mol. The number of hydrogen-bond acceptors (Lipinski definition) is 3. The van der Waals surface area contributed by atoms with Crippen molar-refractivity contribution in [1.29, 1.82) is 0 Å². The average molecular weight is 481 g/mol. The van der Waals surface area contributed by atoms with Crippen molar-refractivity contribution in [3.05, 3.63) is 65.1 Å². The second-order valence-corrected chi connectivity index (χ2v) is 6.45. The van der Waals surface area contributed by atoms with Crippen LogP contribution in [0.3, 0.4) is 0 Å². The number of nitro benzene ring substituents is 1. The number of rotatable bonds is 3. The van der Waals surface area contributed by atoms with Crippen LogP contribution in [0.4, 0.5) is 11.4 Å². The summed E-state index contributed by atoms with van der Waals surface area (Å²) in [5, 5.41) is 13.9. The first-order valence-electron chi connectivity index (χ1n) is 5.59. The summed E-state index contributed by atoms with van der Waals surface area (Å²) in [4.78, 5) is 22.5. The molecule has 8 heteroatoms. The van der Waals surface area contributed by atoms with E-state index in [0.29, 0.717) is 20.7 Å². The molecule has 0 aromatic heterocycles. The normalized spacial score (nSPS) is 10.2. The van der Waals surface area contributed by atoms with Gasteiger partial charge in [-0.2, -0.15) is 0 Å². The Kier molecular flexibility index (Phi) is 5.17. The minimum absolute atomic E-state index is 0.103. The number of hydrogen-bond donors (Lipinski definition) is 1. The van der Waals surface area contributed by atoms with E-state index in [0.717, 1.165) is 3.57 Å². The SMILES string of the molecule is O=C(Nc1cc([N+](=O)[O-])ccc1Br)c1cc(Cl)ccc1I. The van der Waals surface area contributed by atoms with Crippen molar-refractivity contribution < 1.29 is 9.72 Å². The van der Waals surface area contributed by atoms with Gasteiger partial charge in [0.25, 0.3) is 11.6 Å². The van der Waals surface area contributed by atoms with Gasteiger partial charge < -0.3 is 5.32 Å². The van der Waals surface area contributed by atoms with Crippen LogP contribution in [0.25, 0.3) is 0 Å². The smallest absolute Gasteiger partial charge is 0.271 e. The minimum atomic E-state index is -0.523. The molecule has 0 aliphatic carbocycles.